The van der Waals surface area contributed by atoms with E-state index in [-0.39, 0.29) is 10.5 Å². The van der Waals surface area contributed by atoms with Crippen LogP contribution in [0.25, 0.3) is 0 Å². The fraction of sp³-hybridized carbons (Fsp3) is 0.0909. The Kier molecular flexibility index (Phi) is 6.17. The van der Waals surface area contributed by atoms with Gasteiger partial charge in [0.15, 0.2) is 0 Å². The molecule has 1 amide bonds. The number of carbonyl (C=O) groups excluding carboxylic acids is 2. The molecule has 0 aliphatic heterocycles. The number of nitrogens with one attached hydrogen (secondary N) is 2. The van der Waals surface area contributed by atoms with Crippen LogP contribution in [0.5, 0.6) is 0 Å². The second-order valence-electron chi connectivity index (χ2n) is 6.47. The van der Waals surface area contributed by atoms with Gasteiger partial charge in [0.2, 0.25) is 0 Å². The van der Waals surface area contributed by atoms with Crippen molar-refractivity contribution in [2.24, 2.45) is 0 Å². The standard InChI is InChI=1S/C22H20N2O5S/c1-15-6-3-4-9-20(15)24-30(27,28)19-12-10-16(11-13-19)21(25)23-18-8-5-7-17(14-18)22(26)29-2/h3-14,24H,1-2H3,(H,23,25). The molecule has 0 unspecified atom stereocenters. The molecule has 154 valence electrons. The van der Waals surface area contributed by atoms with Crippen LogP contribution in [0, 0.1) is 6.92 Å². The summed E-state index contributed by atoms with van der Waals surface area (Å²) < 4.78 is 32.4. The number of sulfonamides is 1. The van der Waals surface area contributed by atoms with Crippen LogP contribution in [0.15, 0.2) is 77.7 Å². The Balaban J connectivity index is 1.74. The van der Waals surface area contributed by atoms with E-state index in [1.165, 1.54) is 37.4 Å². The molecule has 30 heavy (non-hydrogen) atoms. The third-order valence-electron chi connectivity index (χ3n) is 4.36. The lowest BCUT2D eigenvalue weighted by Gasteiger charge is -2.11. The third-order valence-corrected chi connectivity index (χ3v) is 5.74. The molecule has 0 saturated heterocycles. The van der Waals surface area contributed by atoms with Crippen LogP contribution in [0.2, 0.25) is 0 Å². The first-order valence-corrected chi connectivity index (χ1v) is 10.5. The molecule has 7 nitrogen and oxygen atoms in total. The van der Waals surface area contributed by atoms with Crippen LogP contribution < -0.4 is 10.0 Å². The number of carbonyl (C=O) groups is 2. The lowest BCUT2D eigenvalue weighted by molar-refractivity contribution is 0.0600. The first-order chi connectivity index (χ1) is 14.3. The molecule has 3 aromatic rings. The Morgan fingerprint density at radius 3 is 2.23 bits per heavy atom. The molecule has 3 rings (SSSR count). The zero-order chi connectivity index (χ0) is 21.7. The minimum absolute atomic E-state index is 0.0370. The number of methoxy groups -OCH3 is 1. The van der Waals surface area contributed by atoms with Gasteiger partial charge in [-0.25, -0.2) is 13.2 Å². The van der Waals surface area contributed by atoms with Gasteiger partial charge in [0.25, 0.3) is 15.9 Å². The Morgan fingerprint density at radius 1 is 0.867 bits per heavy atom. The molecule has 0 heterocycles. The summed E-state index contributed by atoms with van der Waals surface area (Å²) in [6, 6.07) is 18.9. The van der Waals surface area contributed by atoms with Gasteiger partial charge in [-0.05, 0) is 61.0 Å². The van der Waals surface area contributed by atoms with E-state index in [0.717, 1.165) is 5.56 Å². The minimum Gasteiger partial charge on any atom is -0.465 e. The Morgan fingerprint density at radius 2 is 1.57 bits per heavy atom. The Hall–Kier alpha value is -3.65. The summed E-state index contributed by atoms with van der Waals surface area (Å²) in [5, 5.41) is 2.67. The summed E-state index contributed by atoms with van der Waals surface area (Å²) in [5.41, 5.74) is 2.28. The lowest BCUT2D eigenvalue weighted by Crippen LogP contribution is -2.15. The van der Waals surface area contributed by atoms with Gasteiger partial charge in [-0.2, -0.15) is 0 Å². The monoisotopic (exact) mass is 424 g/mol. The average molecular weight is 424 g/mol. The molecular weight excluding hydrogens is 404 g/mol. The van der Waals surface area contributed by atoms with Crippen molar-refractivity contribution >= 4 is 33.3 Å². The number of hydrogen-bond donors (Lipinski definition) is 2. The highest BCUT2D eigenvalue weighted by Crippen LogP contribution is 2.20. The summed E-state index contributed by atoms with van der Waals surface area (Å²) >= 11 is 0. The van der Waals surface area contributed by atoms with E-state index in [1.807, 2.05) is 6.07 Å². The molecule has 3 aromatic carbocycles. The molecular formula is C22H20N2O5S. The number of rotatable bonds is 6. The number of para-hydroxylation sites is 1. The van der Waals surface area contributed by atoms with Gasteiger partial charge in [0, 0.05) is 11.3 Å². The SMILES string of the molecule is COC(=O)c1cccc(NC(=O)c2ccc(S(=O)(=O)Nc3ccccc3C)cc2)c1. The van der Waals surface area contributed by atoms with E-state index in [1.54, 1.807) is 43.3 Å². The number of aryl methyl sites for hydroxylation is 1. The molecule has 0 aliphatic carbocycles. The molecule has 0 radical (unpaired) electrons. The summed E-state index contributed by atoms with van der Waals surface area (Å²) in [6.45, 7) is 1.81. The van der Waals surface area contributed by atoms with Crippen LogP contribution in [-0.2, 0) is 14.8 Å². The number of ether oxygens (including phenoxy) is 1. The van der Waals surface area contributed by atoms with E-state index in [0.29, 0.717) is 16.9 Å². The normalized spacial score (nSPS) is 10.9. The molecule has 0 spiro atoms. The van der Waals surface area contributed by atoms with Crippen molar-refractivity contribution in [1.29, 1.82) is 0 Å². The maximum atomic E-state index is 12.6. The van der Waals surface area contributed by atoms with Crippen molar-refractivity contribution in [1.82, 2.24) is 0 Å². The van der Waals surface area contributed by atoms with Crippen LogP contribution in [0.1, 0.15) is 26.3 Å². The molecule has 0 aliphatic rings. The molecule has 0 fully saturated rings. The molecule has 0 bridgehead atoms. The number of hydrogen-bond acceptors (Lipinski definition) is 5. The summed E-state index contributed by atoms with van der Waals surface area (Å²) in [4.78, 5) is 24.1. The summed E-state index contributed by atoms with van der Waals surface area (Å²) in [5.74, 6) is -0.949. The summed E-state index contributed by atoms with van der Waals surface area (Å²) in [6.07, 6.45) is 0. The van der Waals surface area contributed by atoms with Crippen molar-refractivity contribution in [3.05, 3.63) is 89.5 Å². The Bertz CT molecular complexity index is 1190. The van der Waals surface area contributed by atoms with Gasteiger partial charge in [-0.1, -0.05) is 24.3 Å². The minimum atomic E-state index is -3.79. The first kappa shape index (κ1) is 21.1. The van der Waals surface area contributed by atoms with Crippen LogP contribution in [0.3, 0.4) is 0 Å². The molecule has 8 heteroatoms. The van der Waals surface area contributed by atoms with Crippen LogP contribution >= 0.6 is 0 Å². The highest BCUT2D eigenvalue weighted by molar-refractivity contribution is 7.92. The average Bonchev–Trinajstić information content (AvgIpc) is 2.75. The highest BCUT2D eigenvalue weighted by Gasteiger charge is 2.16. The van der Waals surface area contributed by atoms with Crippen molar-refractivity contribution in [2.75, 3.05) is 17.1 Å². The quantitative estimate of drug-likeness (QED) is 0.586. The van der Waals surface area contributed by atoms with Gasteiger partial charge >= 0.3 is 5.97 Å². The maximum absolute atomic E-state index is 12.6. The second kappa shape index (κ2) is 8.79. The number of esters is 1. The van der Waals surface area contributed by atoms with Gasteiger partial charge in [0.1, 0.15) is 0 Å². The van der Waals surface area contributed by atoms with E-state index >= 15 is 0 Å². The molecule has 0 aromatic heterocycles. The lowest BCUT2D eigenvalue weighted by atomic mass is 10.1. The fourth-order valence-electron chi connectivity index (χ4n) is 2.72. The van der Waals surface area contributed by atoms with Gasteiger partial charge in [-0.15, -0.1) is 0 Å². The fourth-order valence-corrected chi connectivity index (χ4v) is 3.85. The number of benzene rings is 3. The van der Waals surface area contributed by atoms with E-state index in [9.17, 15) is 18.0 Å². The highest BCUT2D eigenvalue weighted by atomic mass is 32.2. The second-order valence-corrected chi connectivity index (χ2v) is 8.15. The Labute approximate surface area is 174 Å². The molecule has 0 atom stereocenters. The first-order valence-electron chi connectivity index (χ1n) is 8.98. The molecule has 0 saturated carbocycles. The smallest absolute Gasteiger partial charge is 0.337 e. The van der Waals surface area contributed by atoms with E-state index in [4.69, 9.17) is 0 Å². The van der Waals surface area contributed by atoms with Crippen molar-refractivity contribution < 1.29 is 22.7 Å². The zero-order valence-electron chi connectivity index (χ0n) is 16.4. The van der Waals surface area contributed by atoms with E-state index in [2.05, 4.69) is 14.8 Å². The largest absolute Gasteiger partial charge is 0.465 e. The maximum Gasteiger partial charge on any atom is 0.337 e. The predicted octanol–water partition coefficient (Wildman–Crippen LogP) is 3.83. The van der Waals surface area contributed by atoms with E-state index < -0.39 is 21.9 Å². The number of amides is 1. The van der Waals surface area contributed by atoms with Gasteiger partial charge in [-0.3, -0.25) is 9.52 Å². The third kappa shape index (κ3) is 4.84. The summed E-state index contributed by atoms with van der Waals surface area (Å²) in [7, 11) is -2.51. The van der Waals surface area contributed by atoms with Crippen LogP contribution in [-0.4, -0.2) is 27.4 Å². The van der Waals surface area contributed by atoms with Crippen LogP contribution in [0.4, 0.5) is 11.4 Å². The van der Waals surface area contributed by atoms with Gasteiger partial charge < -0.3 is 10.1 Å². The zero-order valence-corrected chi connectivity index (χ0v) is 17.2. The number of anilines is 2. The van der Waals surface area contributed by atoms with Crippen molar-refractivity contribution in [2.45, 2.75) is 11.8 Å². The predicted molar refractivity (Wildman–Crippen MR) is 114 cm³/mol. The van der Waals surface area contributed by atoms with Crippen molar-refractivity contribution in [3.8, 4) is 0 Å². The topological polar surface area (TPSA) is 102 Å². The molecule has 2 N–H and O–H groups in total. The van der Waals surface area contributed by atoms with Crippen molar-refractivity contribution in [3.63, 3.8) is 0 Å². The van der Waals surface area contributed by atoms with Gasteiger partial charge in [0.05, 0.1) is 23.3 Å².